The Morgan fingerprint density at radius 1 is 1.08 bits per heavy atom. The van der Waals surface area contributed by atoms with Crippen LogP contribution in [0.2, 0.25) is 0 Å². The number of carbonyl (C=O) groups is 1. The number of hydrogen-bond acceptors (Lipinski definition) is 3. The van der Waals surface area contributed by atoms with Crippen molar-refractivity contribution < 1.29 is 14.6 Å². The van der Waals surface area contributed by atoms with E-state index >= 15 is 0 Å². The molecule has 0 unspecified atom stereocenters. The Hall–Kier alpha value is -2.29. The lowest BCUT2D eigenvalue weighted by Gasteiger charge is -2.18. The zero-order valence-electron chi connectivity index (χ0n) is 15.7. The van der Waals surface area contributed by atoms with Gasteiger partial charge in [0.25, 0.3) is 0 Å². The summed E-state index contributed by atoms with van der Waals surface area (Å²) in [6.07, 6.45) is 6.83. The van der Waals surface area contributed by atoms with E-state index in [4.69, 9.17) is 4.74 Å². The minimum absolute atomic E-state index is 0.103. The molecule has 0 amide bonds. The third-order valence-corrected chi connectivity index (χ3v) is 3.22. The molecule has 0 radical (unpaired) electrons. The van der Waals surface area contributed by atoms with Gasteiger partial charge in [0.2, 0.25) is 0 Å². The van der Waals surface area contributed by atoms with Gasteiger partial charge in [-0.1, -0.05) is 52.0 Å². The summed E-state index contributed by atoms with van der Waals surface area (Å²) < 4.78 is 5.80. The average Bonchev–Trinajstić information content (AvgIpc) is 2.64. The highest BCUT2D eigenvalue weighted by molar-refractivity contribution is 5.79. The van der Waals surface area contributed by atoms with Gasteiger partial charge in [-0.05, 0) is 44.4 Å². The van der Waals surface area contributed by atoms with Crippen molar-refractivity contribution in [2.75, 3.05) is 0 Å². The number of aliphatic hydroxyl groups is 1. The van der Waals surface area contributed by atoms with E-state index in [9.17, 15) is 9.90 Å². The van der Waals surface area contributed by atoms with Gasteiger partial charge in [0, 0.05) is 5.57 Å². The zero-order valence-corrected chi connectivity index (χ0v) is 15.7. The normalized spacial score (nSPS) is 13.8. The molecule has 0 heterocycles. The second kappa shape index (κ2) is 12.2. The summed E-state index contributed by atoms with van der Waals surface area (Å²) in [6, 6.07) is 6.97. The molecular formula is C21H30O3. The maximum Gasteiger partial charge on any atom is 0.171 e. The van der Waals surface area contributed by atoms with Crippen LogP contribution in [-0.2, 0) is 0 Å². The second-order valence-corrected chi connectivity index (χ2v) is 4.75. The first kappa shape index (κ1) is 21.7. The van der Waals surface area contributed by atoms with Gasteiger partial charge in [-0.3, -0.25) is 4.79 Å². The molecule has 24 heavy (non-hydrogen) atoms. The summed E-state index contributed by atoms with van der Waals surface area (Å²) in [4.78, 5) is 11.0. The van der Waals surface area contributed by atoms with Crippen molar-refractivity contribution in [3.63, 3.8) is 0 Å². The molecule has 1 aliphatic carbocycles. The number of aldehydes is 1. The SMILES string of the molecule is CC.CC.CC1=CCCC=C1/C(Oc1ccccc1C=O)=C(/C)O. The van der Waals surface area contributed by atoms with E-state index in [2.05, 4.69) is 6.08 Å². The standard InChI is InChI=1S/C17H18O3.2C2H6/c1-12-7-3-5-9-15(12)17(13(2)19)20-16-10-6-4-8-14(16)11-18;2*1-2/h4,6-11,19H,3,5H2,1-2H3;2*1-2H3/b17-13+;;. The lowest BCUT2D eigenvalue weighted by molar-refractivity contribution is 0.112. The number of carbonyl (C=O) groups excluding carboxylic acids is 1. The van der Waals surface area contributed by atoms with Gasteiger partial charge in [-0.15, -0.1) is 0 Å². The maximum atomic E-state index is 11.0. The van der Waals surface area contributed by atoms with Crippen molar-refractivity contribution in [3.8, 4) is 5.75 Å². The lowest BCUT2D eigenvalue weighted by Crippen LogP contribution is -2.07. The molecule has 3 heteroatoms. The number of allylic oxidation sites excluding steroid dienone is 4. The molecule has 132 valence electrons. The molecular weight excluding hydrogens is 300 g/mol. The van der Waals surface area contributed by atoms with E-state index in [1.165, 1.54) is 0 Å². The minimum Gasteiger partial charge on any atom is -0.509 e. The van der Waals surface area contributed by atoms with Crippen molar-refractivity contribution in [3.05, 3.63) is 64.6 Å². The Kier molecular flexibility index (Phi) is 11.0. The quantitative estimate of drug-likeness (QED) is 0.514. The van der Waals surface area contributed by atoms with E-state index in [1.807, 2.05) is 40.7 Å². The fourth-order valence-corrected chi connectivity index (χ4v) is 2.17. The summed E-state index contributed by atoms with van der Waals surface area (Å²) >= 11 is 0. The van der Waals surface area contributed by atoms with Crippen LogP contribution in [0.1, 0.15) is 64.7 Å². The van der Waals surface area contributed by atoms with Gasteiger partial charge >= 0.3 is 0 Å². The van der Waals surface area contributed by atoms with E-state index < -0.39 is 0 Å². The van der Waals surface area contributed by atoms with Crippen LogP contribution < -0.4 is 4.74 Å². The molecule has 1 aromatic carbocycles. The van der Waals surface area contributed by atoms with Crippen molar-refractivity contribution in [2.24, 2.45) is 0 Å². The highest BCUT2D eigenvalue weighted by Crippen LogP contribution is 2.30. The lowest BCUT2D eigenvalue weighted by atomic mass is 9.97. The Bertz CT molecular complexity index is 603. The van der Waals surface area contributed by atoms with Crippen molar-refractivity contribution >= 4 is 6.29 Å². The van der Waals surface area contributed by atoms with Crippen LogP contribution >= 0.6 is 0 Å². The fraction of sp³-hybridized carbons (Fsp3) is 0.381. The monoisotopic (exact) mass is 330 g/mol. The van der Waals surface area contributed by atoms with Crippen LogP contribution in [0.3, 0.4) is 0 Å². The first-order chi connectivity index (χ1) is 11.6. The highest BCUT2D eigenvalue weighted by atomic mass is 16.5. The van der Waals surface area contributed by atoms with Gasteiger partial charge in [-0.2, -0.15) is 0 Å². The van der Waals surface area contributed by atoms with E-state index in [0.717, 1.165) is 30.3 Å². The average molecular weight is 330 g/mol. The van der Waals surface area contributed by atoms with Crippen LogP contribution in [0.15, 0.2) is 59.1 Å². The van der Waals surface area contributed by atoms with Crippen LogP contribution in [0.5, 0.6) is 5.75 Å². The predicted octanol–water partition coefficient (Wildman–Crippen LogP) is 6.39. The molecule has 0 spiro atoms. The summed E-state index contributed by atoms with van der Waals surface area (Å²) in [5, 5.41) is 9.91. The first-order valence-corrected chi connectivity index (χ1v) is 8.63. The number of hydrogen-bond donors (Lipinski definition) is 1. The number of aliphatic hydroxyl groups excluding tert-OH is 1. The van der Waals surface area contributed by atoms with Crippen molar-refractivity contribution in [1.29, 1.82) is 0 Å². The zero-order chi connectivity index (χ0) is 18.5. The Morgan fingerprint density at radius 3 is 2.21 bits per heavy atom. The van der Waals surface area contributed by atoms with Crippen molar-refractivity contribution in [1.82, 2.24) is 0 Å². The van der Waals surface area contributed by atoms with Crippen molar-refractivity contribution in [2.45, 2.75) is 54.4 Å². The van der Waals surface area contributed by atoms with Crippen LogP contribution in [0.25, 0.3) is 0 Å². The van der Waals surface area contributed by atoms with Crippen LogP contribution in [0.4, 0.5) is 0 Å². The number of rotatable bonds is 4. The molecule has 1 N–H and O–H groups in total. The highest BCUT2D eigenvalue weighted by Gasteiger charge is 2.16. The predicted molar refractivity (Wildman–Crippen MR) is 102 cm³/mol. The van der Waals surface area contributed by atoms with Gasteiger partial charge < -0.3 is 9.84 Å². The second-order valence-electron chi connectivity index (χ2n) is 4.75. The Balaban J connectivity index is 0.00000123. The molecule has 0 aliphatic heterocycles. The number of ether oxygens (including phenoxy) is 1. The van der Waals surface area contributed by atoms with E-state index in [-0.39, 0.29) is 5.76 Å². The third kappa shape index (κ3) is 6.07. The van der Waals surface area contributed by atoms with E-state index in [1.54, 1.807) is 31.2 Å². The molecule has 0 saturated heterocycles. The van der Waals surface area contributed by atoms with Crippen LogP contribution in [-0.4, -0.2) is 11.4 Å². The topological polar surface area (TPSA) is 46.5 Å². The van der Waals surface area contributed by atoms with Gasteiger partial charge in [0.1, 0.15) is 11.5 Å². The van der Waals surface area contributed by atoms with Crippen LogP contribution in [0, 0.1) is 0 Å². The largest absolute Gasteiger partial charge is 0.509 e. The Morgan fingerprint density at radius 2 is 1.67 bits per heavy atom. The molecule has 2 rings (SSSR count). The smallest absolute Gasteiger partial charge is 0.171 e. The number of benzene rings is 1. The summed E-state index contributed by atoms with van der Waals surface area (Å²) in [5.41, 5.74) is 2.42. The van der Waals surface area contributed by atoms with Gasteiger partial charge in [0.15, 0.2) is 12.0 Å². The molecule has 1 aliphatic rings. The third-order valence-electron chi connectivity index (χ3n) is 3.22. The summed E-state index contributed by atoms with van der Waals surface area (Å²) in [6.45, 7) is 11.6. The molecule has 0 fully saturated rings. The molecule has 0 bridgehead atoms. The molecule has 0 saturated carbocycles. The summed E-state index contributed by atoms with van der Waals surface area (Å²) in [5.74, 6) is 0.963. The fourth-order valence-electron chi connectivity index (χ4n) is 2.17. The molecule has 3 nitrogen and oxygen atoms in total. The molecule has 1 aromatic rings. The Labute approximate surface area is 146 Å². The molecule has 0 aromatic heterocycles. The van der Waals surface area contributed by atoms with E-state index in [0.29, 0.717) is 17.1 Å². The maximum absolute atomic E-state index is 11.0. The first-order valence-electron chi connectivity index (χ1n) is 8.63. The number of para-hydroxylation sites is 1. The molecule has 0 atom stereocenters. The minimum atomic E-state index is 0.103. The van der Waals surface area contributed by atoms with Gasteiger partial charge in [-0.25, -0.2) is 0 Å². The summed E-state index contributed by atoms with van der Waals surface area (Å²) in [7, 11) is 0. The van der Waals surface area contributed by atoms with Gasteiger partial charge in [0.05, 0.1) is 5.56 Å².